The minimum atomic E-state index is 0.0870. The van der Waals surface area contributed by atoms with E-state index in [1.165, 1.54) is 49.3 Å². The molecule has 242 valence electrons. The van der Waals surface area contributed by atoms with E-state index in [2.05, 4.69) is 199 Å². The monoisotopic (exact) mass is 644 g/mol. The summed E-state index contributed by atoms with van der Waals surface area (Å²) < 4.78 is 0. The summed E-state index contributed by atoms with van der Waals surface area (Å²) in [6.07, 6.45) is 15.1. The van der Waals surface area contributed by atoms with Crippen LogP contribution >= 0.6 is 0 Å². The zero-order chi connectivity index (χ0) is 33.9. The molecule has 2 nitrogen and oxygen atoms in total. The van der Waals surface area contributed by atoms with Crippen LogP contribution in [0.4, 0.5) is 22.7 Å². The molecule has 0 aromatic heterocycles. The van der Waals surface area contributed by atoms with E-state index in [9.17, 15) is 0 Å². The molecule has 0 saturated carbocycles. The molecule has 2 aliphatic carbocycles. The normalized spacial score (nSPS) is 15.3. The van der Waals surface area contributed by atoms with Crippen LogP contribution in [0, 0.1) is 12.8 Å². The number of benzene rings is 6. The summed E-state index contributed by atoms with van der Waals surface area (Å²) in [6, 6.07) is 52.4. The molecule has 2 aliphatic rings. The summed E-state index contributed by atoms with van der Waals surface area (Å²) in [6.45, 7) is 6.35. The Morgan fingerprint density at radius 3 is 1.62 bits per heavy atom. The highest BCUT2D eigenvalue weighted by atomic mass is 15.2. The largest absolute Gasteiger partial charge is 0.313 e. The summed E-state index contributed by atoms with van der Waals surface area (Å²) in [5, 5.41) is 5.03. The zero-order valence-corrected chi connectivity index (χ0v) is 28.4. The minimum absolute atomic E-state index is 0.0870. The van der Waals surface area contributed by atoms with Crippen LogP contribution in [-0.2, 0) is 0 Å². The average molecular weight is 645 g/mol. The minimum Gasteiger partial charge on any atom is -0.313 e. The smallest absolute Gasteiger partial charge is 0.0579 e. The molecule has 0 N–H and O–H groups in total. The molecule has 0 radical (unpaired) electrons. The number of nitrogens with zero attached hydrogens (tertiary/aromatic N) is 2. The molecule has 0 heterocycles. The number of hydrogen-bond donors (Lipinski definition) is 0. The van der Waals surface area contributed by atoms with E-state index in [1.807, 2.05) is 6.08 Å². The van der Waals surface area contributed by atoms with Crippen LogP contribution in [-0.4, -0.2) is 0 Å². The van der Waals surface area contributed by atoms with Crippen LogP contribution in [0.3, 0.4) is 0 Å². The fraction of sp³-hybridized carbons (Fsp3) is 0.0833. The van der Waals surface area contributed by atoms with Gasteiger partial charge in [0.25, 0.3) is 0 Å². The number of hydrogen-bond acceptors (Lipinski definition) is 2. The fourth-order valence-corrected chi connectivity index (χ4v) is 7.82. The number of fused-ring (bicyclic) bond motifs is 4. The maximum atomic E-state index is 4.04. The highest BCUT2D eigenvalue weighted by Crippen LogP contribution is 2.45. The Morgan fingerprint density at radius 1 is 0.580 bits per heavy atom. The van der Waals surface area contributed by atoms with Crippen LogP contribution in [0.1, 0.15) is 24.0 Å². The van der Waals surface area contributed by atoms with Gasteiger partial charge in [0.15, 0.2) is 0 Å². The lowest BCUT2D eigenvalue weighted by molar-refractivity contribution is 0.785. The van der Waals surface area contributed by atoms with E-state index in [1.54, 1.807) is 0 Å². The van der Waals surface area contributed by atoms with Gasteiger partial charge in [0, 0.05) is 44.8 Å². The van der Waals surface area contributed by atoms with Crippen molar-refractivity contribution in [3.8, 4) is 0 Å². The van der Waals surface area contributed by atoms with Gasteiger partial charge in [-0.2, -0.15) is 0 Å². The van der Waals surface area contributed by atoms with Crippen LogP contribution in [0.5, 0.6) is 0 Å². The molecule has 0 saturated heterocycles. The maximum absolute atomic E-state index is 4.04. The van der Waals surface area contributed by atoms with Gasteiger partial charge in [0.05, 0.1) is 5.70 Å². The quantitative estimate of drug-likeness (QED) is 0.120. The molecule has 1 atom stereocenters. The van der Waals surface area contributed by atoms with Gasteiger partial charge in [-0.15, -0.1) is 0 Å². The fourth-order valence-electron chi connectivity index (χ4n) is 7.82. The molecule has 0 aliphatic heterocycles. The van der Waals surface area contributed by atoms with Gasteiger partial charge >= 0.3 is 0 Å². The van der Waals surface area contributed by atoms with E-state index in [0.717, 1.165) is 35.6 Å². The molecule has 0 fully saturated rings. The molecule has 0 bridgehead atoms. The van der Waals surface area contributed by atoms with Gasteiger partial charge in [-0.1, -0.05) is 140 Å². The predicted octanol–water partition coefficient (Wildman–Crippen LogP) is 11.1. The van der Waals surface area contributed by atoms with Crippen molar-refractivity contribution in [1.82, 2.24) is 0 Å². The van der Waals surface area contributed by atoms with Crippen molar-refractivity contribution in [3.05, 3.63) is 210 Å². The Hall–Kier alpha value is -6.12. The summed E-state index contributed by atoms with van der Waals surface area (Å²) in [5.41, 5.74) is 10.9. The SMILES string of the molecule is C=C/C=C\c1c(C)c2c(c3ccccc13)=C(N(c1ccccc1)c1ccccc1)C1CC=CCC=C1C=2N(c1ccccc1)c1ccccc1. The zero-order valence-electron chi connectivity index (χ0n) is 28.4. The third-order valence-electron chi connectivity index (χ3n) is 9.92. The van der Waals surface area contributed by atoms with Crippen molar-refractivity contribution in [2.24, 2.45) is 5.92 Å². The first-order chi connectivity index (χ1) is 24.8. The predicted molar refractivity (Wildman–Crippen MR) is 214 cm³/mol. The van der Waals surface area contributed by atoms with Crippen molar-refractivity contribution >= 4 is 51.0 Å². The van der Waals surface area contributed by atoms with Gasteiger partial charge in [-0.25, -0.2) is 0 Å². The van der Waals surface area contributed by atoms with Crippen LogP contribution < -0.4 is 20.2 Å². The van der Waals surface area contributed by atoms with Crippen molar-refractivity contribution in [2.45, 2.75) is 19.8 Å². The van der Waals surface area contributed by atoms with E-state index in [0.29, 0.717) is 0 Å². The Kier molecular flexibility index (Phi) is 8.59. The second-order valence-corrected chi connectivity index (χ2v) is 12.8. The first kappa shape index (κ1) is 31.2. The lowest BCUT2D eigenvalue weighted by Crippen LogP contribution is -2.47. The average Bonchev–Trinajstić information content (AvgIpc) is 3.44. The van der Waals surface area contributed by atoms with Gasteiger partial charge in [-0.3, -0.25) is 0 Å². The van der Waals surface area contributed by atoms with Crippen molar-refractivity contribution in [2.75, 3.05) is 9.80 Å². The molecular weight excluding hydrogens is 605 g/mol. The lowest BCUT2D eigenvalue weighted by Gasteiger charge is -2.40. The van der Waals surface area contributed by atoms with Gasteiger partial charge < -0.3 is 9.80 Å². The molecule has 6 aromatic carbocycles. The highest BCUT2D eigenvalue weighted by Gasteiger charge is 2.36. The van der Waals surface area contributed by atoms with Crippen LogP contribution in [0.2, 0.25) is 0 Å². The Morgan fingerprint density at radius 2 is 1.08 bits per heavy atom. The summed E-state index contributed by atoms with van der Waals surface area (Å²) in [4.78, 5) is 5.02. The topological polar surface area (TPSA) is 6.48 Å². The van der Waals surface area contributed by atoms with Crippen LogP contribution in [0.15, 0.2) is 188 Å². The number of anilines is 4. The van der Waals surface area contributed by atoms with Crippen molar-refractivity contribution < 1.29 is 0 Å². The molecule has 50 heavy (non-hydrogen) atoms. The first-order valence-corrected chi connectivity index (χ1v) is 17.5. The maximum Gasteiger partial charge on any atom is 0.0579 e. The molecule has 2 heteroatoms. The standard InChI is InChI=1S/C48H40N2/c1-3-4-30-40-35(2)45-46(42-32-21-20-31-41(40)42)48(50(38-26-14-7-15-27-38)39-28-16-8-17-29-39)44-34-19-9-18-33-43(44)47(45)49(36-22-10-5-11-23-36)37-24-12-6-13-25-37/h3-17,19-33,44H,1,18,34H2,2H3/b30-4-. The number of rotatable bonds is 8. The molecule has 0 spiro atoms. The van der Waals surface area contributed by atoms with Crippen LogP contribution in [0.25, 0.3) is 28.2 Å². The van der Waals surface area contributed by atoms with Gasteiger partial charge in [-0.05, 0) is 95.8 Å². The summed E-state index contributed by atoms with van der Waals surface area (Å²) >= 11 is 0. The third kappa shape index (κ3) is 5.49. The van der Waals surface area contributed by atoms with E-state index in [4.69, 9.17) is 0 Å². The summed E-state index contributed by atoms with van der Waals surface area (Å²) in [5.74, 6) is 0.0870. The van der Waals surface area contributed by atoms with Crippen molar-refractivity contribution in [1.29, 1.82) is 0 Å². The Labute approximate surface area is 295 Å². The van der Waals surface area contributed by atoms with E-state index < -0.39 is 0 Å². The lowest BCUT2D eigenvalue weighted by atomic mass is 9.79. The molecule has 0 amide bonds. The first-order valence-electron chi connectivity index (χ1n) is 17.5. The molecule has 8 rings (SSSR count). The number of allylic oxidation sites excluding steroid dienone is 5. The Bertz CT molecular complexity index is 2310. The summed E-state index contributed by atoms with van der Waals surface area (Å²) in [7, 11) is 0. The molecule has 1 unspecified atom stereocenters. The van der Waals surface area contributed by atoms with Gasteiger partial charge in [0.2, 0.25) is 0 Å². The third-order valence-corrected chi connectivity index (χ3v) is 9.92. The number of para-hydroxylation sites is 4. The van der Waals surface area contributed by atoms with Crippen molar-refractivity contribution in [3.63, 3.8) is 0 Å². The second kappa shape index (κ2) is 13.8. The van der Waals surface area contributed by atoms with E-state index >= 15 is 0 Å². The van der Waals surface area contributed by atoms with Gasteiger partial charge in [0.1, 0.15) is 0 Å². The molecular formula is C48H40N2. The van der Waals surface area contributed by atoms with E-state index in [-0.39, 0.29) is 5.92 Å². The second-order valence-electron chi connectivity index (χ2n) is 12.8. The highest BCUT2D eigenvalue weighted by molar-refractivity contribution is 6.01. The molecule has 6 aromatic rings. The Balaban J connectivity index is 1.67.